The van der Waals surface area contributed by atoms with E-state index in [1.54, 1.807) is 13.4 Å². The van der Waals surface area contributed by atoms with E-state index >= 15 is 0 Å². The SMILES string of the molecule is COCCCN(C(=O)Nc1ccc2occc2c1)C1CCN(C)CC1. The molecule has 1 saturated heterocycles. The van der Waals surface area contributed by atoms with E-state index in [0.717, 1.165) is 49.0 Å². The largest absolute Gasteiger partial charge is 0.464 e. The van der Waals surface area contributed by atoms with Crippen molar-refractivity contribution in [3.8, 4) is 0 Å². The molecule has 0 bridgehead atoms. The van der Waals surface area contributed by atoms with Crippen LogP contribution in [0.1, 0.15) is 19.3 Å². The number of likely N-dealkylation sites (tertiary alicyclic amines) is 1. The monoisotopic (exact) mass is 345 g/mol. The van der Waals surface area contributed by atoms with Crippen molar-refractivity contribution in [3.63, 3.8) is 0 Å². The molecule has 0 spiro atoms. The average Bonchev–Trinajstić information content (AvgIpc) is 3.07. The molecule has 0 unspecified atom stereocenters. The summed E-state index contributed by atoms with van der Waals surface area (Å²) in [6.07, 6.45) is 4.53. The second-order valence-electron chi connectivity index (χ2n) is 6.68. The summed E-state index contributed by atoms with van der Waals surface area (Å²) in [6, 6.07) is 7.86. The van der Waals surface area contributed by atoms with Gasteiger partial charge in [0.25, 0.3) is 0 Å². The van der Waals surface area contributed by atoms with Gasteiger partial charge in [0.1, 0.15) is 5.58 Å². The van der Waals surface area contributed by atoms with Crippen molar-refractivity contribution in [1.82, 2.24) is 9.80 Å². The lowest BCUT2D eigenvalue weighted by molar-refractivity contribution is 0.126. The lowest BCUT2D eigenvalue weighted by Crippen LogP contribution is -2.48. The topological polar surface area (TPSA) is 58.0 Å². The first kappa shape index (κ1) is 17.8. The number of urea groups is 1. The van der Waals surface area contributed by atoms with Crippen molar-refractivity contribution in [2.24, 2.45) is 0 Å². The van der Waals surface area contributed by atoms with Gasteiger partial charge in [-0.25, -0.2) is 4.79 Å². The Morgan fingerprint density at radius 3 is 2.92 bits per heavy atom. The van der Waals surface area contributed by atoms with Crippen LogP contribution in [-0.4, -0.2) is 62.3 Å². The molecule has 0 aliphatic carbocycles. The minimum atomic E-state index is -0.0338. The third-order valence-electron chi connectivity index (χ3n) is 4.84. The molecule has 6 nitrogen and oxygen atoms in total. The summed E-state index contributed by atoms with van der Waals surface area (Å²) >= 11 is 0. The van der Waals surface area contributed by atoms with E-state index in [4.69, 9.17) is 9.15 Å². The molecule has 2 heterocycles. The van der Waals surface area contributed by atoms with Gasteiger partial charge in [-0.3, -0.25) is 0 Å². The number of nitrogens with one attached hydrogen (secondary N) is 1. The number of hydrogen-bond acceptors (Lipinski definition) is 4. The zero-order chi connectivity index (χ0) is 17.6. The van der Waals surface area contributed by atoms with Crippen LogP contribution in [0.25, 0.3) is 11.0 Å². The van der Waals surface area contributed by atoms with Crippen molar-refractivity contribution in [2.45, 2.75) is 25.3 Å². The van der Waals surface area contributed by atoms with Crippen LogP contribution in [0.15, 0.2) is 34.9 Å². The van der Waals surface area contributed by atoms with E-state index < -0.39 is 0 Å². The number of ether oxygens (including phenoxy) is 1. The van der Waals surface area contributed by atoms with Crippen LogP contribution in [0.5, 0.6) is 0 Å². The number of methoxy groups -OCH3 is 1. The molecule has 6 heteroatoms. The van der Waals surface area contributed by atoms with Crippen molar-refractivity contribution < 1.29 is 13.9 Å². The highest BCUT2D eigenvalue weighted by Gasteiger charge is 2.26. The zero-order valence-corrected chi connectivity index (χ0v) is 15.0. The van der Waals surface area contributed by atoms with Crippen molar-refractivity contribution >= 4 is 22.7 Å². The van der Waals surface area contributed by atoms with Gasteiger partial charge in [-0.2, -0.15) is 0 Å². The van der Waals surface area contributed by atoms with Crippen molar-refractivity contribution in [2.75, 3.05) is 45.7 Å². The molecule has 1 aromatic heterocycles. The maximum atomic E-state index is 12.9. The van der Waals surface area contributed by atoms with Gasteiger partial charge in [0.05, 0.1) is 6.26 Å². The molecular formula is C19H27N3O3. The number of benzene rings is 1. The molecule has 1 aliphatic rings. The number of amides is 2. The van der Waals surface area contributed by atoms with E-state index in [0.29, 0.717) is 13.2 Å². The molecule has 0 radical (unpaired) electrons. The van der Waals surface area contributed by atoms with Gasteiger partial charge < -0.3 is 24.3 Å². The van der Waals surface area contributed by atoms with Gasteiger partial charge in [-0.05, 0) is 63.7 Å². The zero-order valence-electron chi connectivity index (χ0n) is 15.0. The Labute approximate surface area is 148 Å². The quantitative estimate of drug-likeness (QED) is 0.815. The molecule has 136 valence electrons. The first-order valence-corrected chi connectivity index (χ1v) is 8.90. The van der Waals surface area contributed by atoms with Crippen LogP contribution in [0, 0.1) is 0 Å². The van der Waals surface area contributed by atoms with Gasteiger partial charge in [0, 0.05) is 37.4 Å². The summed E-state index contributed by atoms with van der Waals surface area (Å²) in [7, 11) is 3.83. The lowest BCUT2D eigenvalue weighted by atomic mass is 10.0. The number of hydrogen-bond donors (Lipinski definition) is 1. The fraction of sp³-hybridized carbons (Fsp3) is 0.526. The summed E-state index contributed by atoms with van der Waals surface area (Å²) in [5.74, 6) is 0. The molecule has 0 saturated carbocycles. The number of rotatable bonds is 6. The second kappa shape index (κ2) is 8.36. The summed E-state index contributed by atoms with van der Waals surface area (Å²) in [6.45, 7) is 3.43. The fourth-order valence-corrected chi connectivity index (χ4v) is 3.38. The van der Waals surface area contributed by atoms with Crippen LogP contribution in [0.3, 0.4) is 0 Å². The number of carbonyl (C=O) groups is 1. The minimum Gasteiger partial charge on any atom is -0.464 e. The Balaban J connectivity index is 1.68. The number of nitrogens with zero attached hydrogens (tertiary/aromatic N) is 2. The molecule has 2 amide bonds. The second-order valence-corrected chi connectivity index (χ2v) is 6.68. The minimum absolute atomic E-state index is 0.0338. The van der Waals surface area contributed by atoms with Gasteiger partial charge in [0.2, 0.25) is 0 Å². The first-order chi connectivity index (χ1) is 12.2. The van der Waals surface area contributed by atoms with Crippen LogP contribution in [0.4, 0.5) is 10.5 Å². The lowest BCUT2D eigenvalue weighted by Gasteiger charge is -2.37. The Bertz CT molecular complexity index is 692. The smallest absolute Gasteiger partial charge is 0.322 e. The number of anilines is 1. The number of fused-ring (bicyclic) bond motifs is 1. The average molecular weight is 345 g/mol. The van der Waals surface area contributed by atoms with E-state index in [1.807, 2.05) is 29.2 Å². The summed E-state index contributed by atoms with van der Waals surface area (Å²) in [4.78, 5) is 17.2. The molecule has 0 atom stereocenters. The Morgan fingerprint density at radius 2 is 2.16 bits per heavy atom. The fourth-order valence-electron chi connectivity index (χ4n) is 3.38. The third kappa shape index (κ3) is 4.52. The van der Waals surface area contributed by atoms with Gasteiger partial charge in [-0.15, -0.1) is 0 Å². The number of piperidine rings is 1. The normalized spacial score (nSPS) is 16.2. The van der Waals surface area contributed by atoms with Crippen LogP contribution >= 0.6 is 0 Å². The van der Waals surface area contributed by atoms with Gasteiger partial charge in [0.15, 0.2) is 0 Å². The molecular weight excluding hydrogens is 318 g/mol. The first-order valence-electron chi connectivity index (χ1n) is 8.90. The highest BCUT2D eigenvalue weighted by Crippen LogP contribution is 2.22. The third-order valence-corrected chi connectivity index (χ3v) is 4.84. The van der Waals surface area contributed by atoms with E-state index in [9.17, 15) is 4.79 Å². The predicted octanol–water partition coefficient (Wildman–Crippen LogP) is 3.40. The molecule has 25 heavy (non-hydrogen) atoms. The highest BCUT2D eigenvalue weighted by molar-refractivity contribution is 5.92. The Morgan fingerprint density at radius 1 is 1.36 bits per heavy atom. The van der Waals surface area contributed by atoms with E-state index in [1.165, 1.54) is 0 Å². The Kier molecular flexibility index (Phi) is 5.94. The predicted molar refractivity (Wildman–Crippen MR) is 99.0 cm³/mol. The molecule has 1 N–H and O–H groups in total. The maximum absolute atomic E-state index is 12.9. The standard InChI is InChI=1S/C19H27N3O3/c1-21-10-6-17(7-11-21)22(9-3-12-24-2)19(23)20-16-4-5-18-15(14-16)8-13-25-18/h4-5,8,13-14,17H,3,6-7,9-12H2,1-2H3,(H,20,23). The van der Waals surface area contributed by atoms with Crippen LogP contribution in [-0.2, 0) is 4.74 Å². The van der Waals surface area contributed by atoms with Gasteiger partial charge >= 0.3 is 6.03 Å². The highest BCUT2D eigenvalue weighted by atomic mass is 16.5. The molecule has 2 aromatic rings. The summed E-state index contributed by atoms with van der Waals surface area (Å²) in [5.41, 5.74) is 1.62. The summed E-state index contributed by atoms with van der Waals surface area (Å²) in [5, 5.41) is 4.04. The van der Waals surface area contributed by atoms with Gasteiger partial charge in [-0.1, -0.05) is 0 Å². The molecule has 1 aromatic carbocycles. The number of carbonyl (C=O) groups excluding carboxylic acids is 1. The molecule has 1 aliphatic heterocycles. The number of furan rings is 1. The van der Waals surface area contributed by atoms with E-state index in [-0.39, 0.29) is 12.1 Å². The Hall–Kier alpha value is -2.05. The van der Waals surface area contributed by atoms with Crippen LogP contribution < -0.4 is 5.32 Å². The van der Waals surface area contributed by atoms with Crippen LogP contribution in [0.2, 0.25) is 0 Å². The maximum Gasteiger partial charge on any atom is 0.322 e. The van der Waals surface area contributed by atoms with E-state index in [2.05, 4.69) is 17.3 Å². The van der Waals surface area contributed by atoms with Crippen molar-refractivity contribution in [1.29, 1.82) is 0 Å². The molecule has 1 fully saturated rings. The summed E-state index contributed by atoms with van der Waals surface area (Å²) < 4.78 is 10.5. The molecule has 3 rings (SSSR count). The van der Waals surface area contributed by atoms with Crippen molar-refractivity contribution in [3.05, 3.63) is 30.5 Å².